The number of carbonyl (C=O) groups is 2. The SMILES string of the molecule is CC(C)(N)C(=O)N1CCN(C(=O)Nc2ccn(C3=CC[C@H](CN4CCC(CN)C4)CC3)c(=O)n2)CC1. The van der Waals surface area contributed by atoms with Crippen molar-refractivity contribution < 1.29 is 9.59 Å². The summed E-state index contributed by atoms with van der Waals surface area (Å²) >= 11 is 0. The smallest absolute Gasteiger partial charge is 0.338 e. The maximum Gasteiger partial charge on any atom is 0.353 e. The molecule has 0 radical (unpaired) electrons. The number of likely N-dealkylation sites (tertiary alicyclic amines) is 1. The van der Waals surface area contributed by atoms with Gasteiger partial charge in [0.25, 0.3) is 0 Å². The number of urea groups is 1. The van der Waals surface area contributed by atoms with Crippen LogP contribution in [-0.2, 0) is 4.79 Å². The minimum atomic E-state index is -0.936. The van der Waals surface area contributed by atoms with Gasteiger partial charge in [0.15, 0.2) is 0 Å². The van der Waals surface area contributed by atoms with E-state index in [1.807, 2.05) is 0 Å². The van der Waals surface area contributed by atoms with Crippen LogP contribution in [0.15, 0.2) is 23.1 Å². The van der Waals surface area contributed by atoms with Gasteiger partial charge in [-0.1, -0.05) is 6.08 Å². The maximum absolute atomic E-state index is 12.7. The van der Waals surface area contributed by atoms with Crippen LogP contribution in [0.5, 0.6) is 0 Å². The first kappa shape index (κ1) is 26.3. The van der Waals surface area contributed by atoms with Gasteiger partial charge in [0, 0.05) is 51.2 Å². The fourth-order valence-corrected chi connectivity index (χ4v) is 5.30. The molecule has 36 heavy (non-hydrogen) atoms. The highest BCUT2D eigenvalue weighted by molar-refractivity contribution is 5.89. The van der Waals surface area contributed by atoms with Crippen molar-refractivity contribution in [2.24, 2.45) is 23.3 Å². The third-order valence-electron chi connectivity index (χ3n) is 7.47. The summed E-state index contributed by atoms with van der Waals surface area (Å²) in [6, 6.07) is 1.32. The predicted octanol–water partition coefficient (Wildman–Crippen LogP) is 0.578. The summed E-state index contributed by atoms with van der Waals surface area (Å²) in [6.07, 6.45) is 7.83. The quantitative estimate of drug-likeness (QED) is 0.518. The molecule has 0 spiro atoms. The number of hydrogen-bond donors (Lipinski definition) is 3. The second-order valence-electron chi connectivity index (χ2n) is 10.9. The molecule has 11 nitrogen and oxygen atoms in total. The van der Waals surface area contributed by atoms with Gasteiger partial charge in [0.2, 0.25) is 5.91 Å². The summed E-state index contributed by atoms with van der Waals surface area (Å²) in [7, 11) is 0. The van der Waals surface area contributed by atoms with Gasteiger partial charge < -0.3 is 26.2 Å². The van der Waals surface area contributed by atoms with E-state index in [1.54, 1.807) is 40.5 Å². The number of nitrogens with two attached hydrogens (primary N) is 2. The zero-order valence-corrected chi connectivity index (χ0v) is 21.5. The van der Waals surface area contributed by atoms with E-state index in [4.69, 9.17) is 11.5 Å². The lowest BCUT2D eigenvalue weighted by Crippen LogP contribution is -2.58. The van der Waals surface area contributed by atoms with E-state index in [0.29, 0.717) is 38.0 Å². The number of amides is 3. The second kappa shape index (κ2) is 11.1. The molecule has 2 fully saturated rings. The molecule has 0 saturated carbocycles. The van der Waals surface area contributed by atoms with Gasteiger partial charge in [-0.05, 0) is 70.5 Å². The number of aromatic nitrogens is 2. The Morgan fingerprint density at radius 1 is 1.11 bits per heavy atom. The van der Waals surface area contributed by atoms with Crippen molar-refractivity contribution in [1.29, 1.82) is 0 Å². The molecule has 2 saturated heterocycles. The largest absolute Gasteiger partial charge is 0.353 e. The zero-order chi connectivity index (χ0) is 25.9. The fourth-order valence-electron chi connectivity index (χ4n) is 5.30. The van der Waals surface area contributed by atoms with Crippen molar-refractivity contribution >= 4 is 23.5 Å². The van der Waals surface area contributed by atoms with Crippen molar-refractivity contribution in [2.75, 3.05) is 57.7 Å². The summed E-state index contributed by atoms with van der Waals surface area (Å²) in [5.74, 6) is 1.31. The molecular weight excluding hydrogens is 460 g/mol. The molecule has 11 heteroatoms. The monoisotopic (exact) mass is 500 g/mol. The Bertz CT molecular complexity index is 1040. The highest BCUT2D eigenvalue weighted by Crippen LogP contribution is 2.28. The Kier molecular flexibility index (Phi) is 8.11. The van der Waals surface area contributed by atoms with Gasteiger partial charge in [0.05, 0.1) is 5.54 Å². The Hall–Kier alpha value is -2.76. The predicted molar refractivity (Wildman–Crippen MR) is 139 cm³/mol. The molecule has 2 atom stereocenters. The van der Waals surface area contributed by atoms with Crippen LogP contribution < -0.4 is 22.5 Å². The van der Waals surface area contributed by atoms with Crippen LogP contribution in [0.4, 0.5) is 10.6 Å². The number of nitrogens with one attached hydrogen (secondary N) is 1. The van der Waals surface area contributed by atoms with Crippen molar-refractivity contribution in [3.05, 3.63) is 28.8 Å². The molecule has 1 aromatic rings. The summed E-state index contributed by atoms with van der Waals surface area (Å²) in [6.45, 7) is 9.06. The van der Waals surface area contributed by atoms with Gasteiger partial charge >= 0.3 is 11.7 Å². The van der Waals surface area contributed by atoms with Crippen LogP contribution in [-0.4, -0.2) is 94.1 Å². The van der Waals surface area contributed by atoms with E-state index in [1.165, 1.54) is 6.42 Å². The first-order chi connectivity index (χ1) is 17.1. The Balaban J connectivity index is 1.28. The highest BCUT2D eigenvalue weighted by Gasteiger charge is 2.31. The molecule has 1 aliphatic carbocycles. The molecule has 0 aromatic carbocycles. The standard InChI is InChI=1S/C25H40N8O3/c1-25(2,27)22(34)31-11-13-32(14-12-31)23(35)28-21-8-10-33(24(36)29-21)20-5-3-18(4-6-20)16-30-9-7-19(15-26)17-30/h5,8,10,18-19H,3-4,6-7,9,11-17,26-27H2,1-2H3,(H,28,29,35,36)/t18-,19?/m0/s1. The Labute approximate surface area is 212 Å². The van der Waals surface area contributed by atoms with Crippen LogP contribution in [0.1, 0.15) is 39.5 Å². The summed E-state index contributed by atoms with van der Waals surface area (Å²) in [5, 5.41) is 2.71. The molecule has 1 unspecified atom stereocenters. The lowest BCUT2D eigenvalue weighted by atomic mass is 9.92. The van der Waals surface area contributed by atoms with Crippen LogP contribution in [0, 0.1) is 11.8 Å². The highest BCUT2D eigenvalue weighted by atomic mass is 16.2. The lowest BCUT2D eigenvalue weighted by molar-refractivity contribution is -0.137. The van der Waals surface area contributed by atoms with Crippen molar-refractivity contribution in [3.63, 3.8) is 0 Å². The van der Waals surface area contributed by atoms with Crippen LogP contribution in [0.25, 0.3) is 5.70 Å². The first-order valence-corrected chi connectivity index (χ1v) is 13.0. The van der Waals surface area contributed by atoms with Gasteiger partial charge in [-0.3, -0.25) is 14.7 Å². The third kappa shape index (κ3) is 6.32. The lowest BCUT2D eigenvalue weighted by Gasteiger charge is -2.37. The Morgan fingerprint density at radius 2 is 1.83 bits per heavy atom. The summed E-state index contributed by atoms with van der Waals surface area (Å²) < 4.78 is 1.57. The fraction of sp³-hybridized carbons (Fsp3) is 0.680. The molecule has 198 valence electrons. The number of carbonyl (C=O) groups excluding carboxylic acids is 2. The van der Waals surface area contributed by atoms with Crippen molar-refractivity contribution in [3.8, 4) is 0 Å². The zero-order valence-electron chi connectivity index (χ0n) is 21.5. The molecule has 1 aromatic heterocycles. The van der Waals surface area contributed by atoms with Crippen molar-refractivity contribution in [1.82, 2.24) is 24.3 Å². The number of hydrogen-bond acceptors (Lipinski definition) is 7. The van der Waals surface area contributed by atoms with E-state index in [9.17, 15) is 14.4 Å². The minimum absolute atomic E-state index is 0.132. The topological polar surface area (TPSA) is 143 Å². The van der Waals surface area contributed by atoms with Gasteiger partial charge in [-0.2, -0.15) is 4.98 Å². The second-order valence-corrected chi connectivity index (χ2v) is 10.9. The van der Waals surface area contributed by atoms with Crippen LogP contribution in [0.2, 0.25) is 0 Å². The molecule has 3 heterocycles. The van der Waals surface area contributed by atoms with E-state index < -0.39 is 11.2 Å². The molecule has 2 aliphatic heterocycles. The molecule has 5 N–H and O–H groups in total. The van der Waals surface area contributed by atoms with Crippen molar-refractivity contribution in [2.45, 2.75) is 45.1 Å². The third-order valence-corrected chi connectivity index (χ3v) is 7.47. The van der Waals surface area contributed by atoms with Gasteiger partial charge in [-0.25, -0.2) is 9.59 Å². The molecule has 0 bridgehead atoms. The van der Waals surface area contributed by atoms with Crippen LogP contribution in [0.3, 0.4) is 0 Å². The van der Waals surface area contributed by atoms with E-state index in [2.05, 4.69) is 21.3 Å². The molecule has 3 aliphatic rings. The molecular formula is C25H40N8O3. The van der Waals surface area contributed by atoms with Crippen LogP contribution >= 0.6 is 0 Å². The van der Waals surface area contributed by atoms with Gasteiger partial charge in [-0.15, -0.1) is 0 Å². The van der Waals surface area contributed by atoms with E-state index in [0.717, 1.165) is 51.1 Å². The number of piperazine rings is 1. The number of nitrogens with zero attached hydrogens (tertiary/aromatic N) is 5. The number of anilines is 1. The average Bonchev–Trinajstić information content (AvgIpc) is 3.31. The Morgan fingerprint density at radius 3 is 2.42 bits per heavy atom. The maximum atomic E-state index is 12.7. The molecule has 4 rings (SSSR count). The first-order valence-electron chi connectivity index (χ1n) is 13.0. The van der Waals surface area contributed by atoms with Gasteiger partial charge in [0.1, 0.15) is 5.82 Å². The minimum Gasteiger partial charge on any atom is -0.338 e. The van der Waals surface area contributed by atoms with E-state index >= 15 is 0 Å². The number of allylic oxidation sites excluding steroid dienone is 2. The average molecular weight is 501 g/mol. The van der Waals surface area contributed by atoms with E-state index in [-0.39, 0.29) is 17.8 Å². The summed E-state index contributed by atoms with van der Waals surface area (Å²) in [5.41, 5.74) is 11.3. The number of rotatable bonds is 6. The normalized spacial score (nSPS) is 23.5. The molecule has 3 amide bonds. The summed E-state index contributed by atoms with van der Waals surface area (Å²) in [4.78, 5) is 47.6.